The van der Waals surface area contributed by atoms with Crippen molar-refractivity contribution >= 4 is 0 Å². The molecule has 1 aliphatic heterocycles. The molecular formula is C14H13NO2. The van der Waals surface area contributed by atoms with Gasteiger partial charge < -0.3 is 9.84 Å². The lowest BCUT2D eigenvalue weighted by molar-refractivity contribution is 0.172. The molecule has 1 atom stereocenters. The van der Waals surface area contributed by atoms with Crippen molar-refractivity contribution in [3.05, 3.63) is 53.7 Å². The number of pyridine rings is 1. The highest BCUT2D eigenvalue weighted by molar-refractivity contribution is 5.37. The van der Waals surface area contributed by atoms with Gasteiger partial charge in [0.25, 0.3) is 0 Å². The molecule has 1 N–H and O–H groups in total. The molecule has 3 heteroatoms. The molecule has 3 nitrogen and oxygen atoms in total. The number of rotatable bonds is 1. The zero-order valence-electron chi connectivity index (χ0n) is 9.34. The second kappa shape index (κ2) is 4.09. The van der Waals surface area contributed by atoms with Gasteiger partial charge in [0.2, 0.25) is 5.88 Å². The van der Waals surface area contributed by atoms with Crippen molar-refractivity contribution in [2.75, 3.05) is 0 Å². The Balaban J connectivity index is 1.92. The minimum atomic E-state index is -0.0985. The minimum Gasteiger partial charge on any atom is -0.493 e. The first-order valence-electron chi connectivity index (χ1n) is 5.73. The fourth-order valence-electron chi connectivity index (χ4n) is 2.20. The number of benzene rings is 1. The second-order valence-corrected chi connectivity index (χ2v) is 4.17. The van der Waals surface area contributed by atoms with E-state index in [2.05, 4.69) is 11.1 Å². The number of hydrogen-bond acceptors (Lipinski definition) is 3. The minimum absolute atomic E-state index is 0.0666. The van der Waals surface area contributed by atoms with Gasteiger partial charge in [0.05, 0.1) is 5.56 Å². The maximum Gasteiger partial charge on any atom is 0.217 e. The summed E-state index contributed by atoms with van der Waals surface area (Å²) in [6.45, 7) is 0. The van der Waals surface area contributed by atoms with E-state index in [9.17, 15) is 5.11 Å². The summed E-state index contributed by atoms with van der Waals surface area (Å²) < 4.78 is 5.90. The van der Waals surface area contributed by atoms with Crippen LogP contribution in [0.1, 0.15) is 23.7 Å². The third kappa shape index (κ3) is 1.84. The molecule has 1 aromatic carbocycles. The number of fused-ring (bicyclic) bond motifs is 1. The van der Waals surface area contributed by atoms with E-state index in [1.807, 2.05) is 30.3 Å². The van der Waals surface area contributed by atoms with Gasteiger partial charge in [-0.15, -0.1) is 0 Å². The molecule has 0 bridgehead atoms. The third-order valence-corrected chi connectivity index (χ3v) is 3.08. The van der Waals surface area contributed by atoms with Crippen LogP contribution in [0.2, 0.25) is 0 Å². The van der Waals surface area contributed by atoms with Crippen LogP contribution in [0.15, 0.2) is 42.6 Å². The first-order chi connectivity index (χ1) is 8.34. The first-order valence-corrected chi connectivity index (χ1v) is 5.73. The Bertz CT molecular complexity index is 539. The summed E-state index contributed by atoms with van der Waals surface area (Å²) in [4.78, 5) is 3.89. The summed E-state index contributed by atoms with van der Waals surface area (Å²) in [7, 11) is 0. The lowest BCUT2D eigenvalue weighted by Crippen LogP contribution is -2.15. The van der Waals surface area contributed by atoms with E-state index < -0.39 is 0 Å². The highest BCUT2D eigenvalue weighted by Crippen LogP contribution is 2.36. The number of aryl methyl sites for hydroxylation is 1. The smallest absolute Gasteiger partial charge is 0.217 e. The molecule has 0 saturated heterocycles. The van der Waals surface area contributed by atoms with Crippen LogP contribution >= 0.6 is 0 Å². The molecule has 1 unspecified atom stereocenters. The first kappa shape index (κ1) is 10.1. The van der Waals surface area contributed by atoms with E-state index in [0.29, 0.717) is 0 Å². The molecule has 1 aliphatic rings. The van der Waals surface area contributed by atoms with Gasteiger partial charge in [-0.2, -0.15) is 0 Å². The standard InChI is InChI=1S/C14H13NO2/c16-14-11(5-3-9-15-14)13-8-7-10-4-1-2-6-12(10)17-13/h1-6,9,13H,7-8H2,(H,15,16). The van der Waals surface area contributed by atoms with Crippen LogP contribution in [0, 0.1) is 0 Å². The fraction of sp³-hybridized carbons (Fsp3) is 0.214. The van der Waals surface area contributed by atoms with Crippen molar-refractivity contribution in [3.63, 3.8) is 0 Å². The van der Waals surface area contributed by atoms with E-state index >= 15 is 0 Å². The number of hydrogen-bond donors (Lipinski definition) is 1. The molecule has 0 spiro atoms. The van der Waals surface area contributed by atoms with Gasteiger partial charge in [-0.1, -0.05) is 18.2 Å². The zero-order valence-corrected chi connectivity index (χ0v) is 9.34. The quantitative estimate of drug-likeness (QED) is 0.814. The molecule has 0 radical (unpaired) electrons. The number of aromatic hydroxyl groups is 1. The van der Waals surface area contributed by atoms with Crippen LogP contribution in [-0.4, -0.2) is 10.1 Å². The third-order valence-electron chi connectivity index (χ3n) is 3.08. The van der Waals surface area contributed by atoms with E-state index in [0.717, 1.165) is 24.2 Å². The predicted molar refractivity (Wildman–Crippen MR) is 64.0 cm³/mol. The van der Waals surface area contributed by atoms with Crippen molar-refractivity contribution < 1.29 is 9.84 Å². The van der Waals surface area contributed by atoms with Gasteiger partial charge in [-0.05, 0) is 36.6 Å². The molecule has 3 rings (SSSR count). The van der Waals surface area contributed by atoms with Crippen LogP contribution in [0.25, 0.3) is 0 Å². The molecule has 86 valence electrons. The van der Waals surface area contributed by atoms with Gasteiger partial charge in [-0.3, -0.25) is 0 Å². The van der Waals surface area contributed by atoms with Crippen molar-refractivity contribution in [1.82, 2.24) is 4.98 Å². The number of nitrogens with zero attached hydrogens (tertiary/aromatic N) is 1. The van der Waals surface area contributed by atoms with Crippen molar-refractivity contribution in [3.8, 4) is 11.6 Å². The van der Waals surface area contributed by atoms with Gasteiger partial charge in [0.15, 0.2) is 0 Å². The molecule has 1 aromatic heterocycles. The van der Waals surface area contributed by atoms with Crippen LogP contribution in [-0.2, 0) is 6.42 Å². The lowest BCUT2D eigenvalue weighted by Gasteiger charge is -2.26. The van der Waals surface area contributed by atoms with Crippen molar-refractivity contribution in [2.24, 2.45) is 0 Å². The molecular weight excluding hydrogens is 214 g/mol. The molecule has 2 heterocycles. The molecule has 0 fully saturated rings. The number of para-hydroxylation sites is 1. The zero-order chi connectivity index (χ0) is 11.7. The highest BCUT2D eigenvalue weighted by atomic mass is 16.5. The van der Waals surface area contributed by atoms with Gasteiger partial charge in [0, 0.05) is 6.20 Å². The number of ether oxygens (including phenoxy) is 1. The van der Waals surface area contributed by atoms with Gasteiger partial charge >= 0.3 is 0 Å². The highest BCUT2D eigenvalue weighted by Gasteiger charge is 2.23. The molecule has 17 heavy (non-hydrogen) atoms. The Morgan fingerprint density at radius 1 is 1.18 bits per heavy atom. The summed E-state index contributed by atoms with van der Waals surface area (Å²) >= 11 is 0. The van der Waals surface area contributed by atoms with E-state index in [1.165, 1.54) is 5.56 Å². The average molecular weight is 227 g/mol. The molecule has 0 saturated carbocycles. The summed E-state index contributed by atoms with van der Waals surface area (Å²) in [6, 6.07) is 11.7. The average Bonchev–Trinajstić information content (AvgIpc) is 2.39. The maximum atomic E-state index is 9.72. The monoisotopic (exact) mass is 227 g/mol. The van der Waals surface area contributed by atoms with Crippen LogP contribution in [0.3, 0.4) is 0 Å². The Kier molecular flexibility index (Phi) is 2.44. The molecule has 0 amide bonds. The number of aromatic nitrogens is 1. The van der Waals surface area contributed by atoms with E-state index in [-0.39, 0.29) is 12.0 Å². The predicted octanol–water partition coefficient (Wildman–Crippen LogP) is 2.85. The normalized spacial score (nSPS) is 18.2. The summed E-state index contributed by atoms with van der Waals surface area (Å²) in [5.74, 6) is 0.976. The Morgan fingerprint density at radius 3 is 2.94 bits per heavy atom. The lowest BCUT2D eigenvalue weighted by atomic mass is 9.98. The van der Waals surface area contributed by atoms with Crippen LogP contribution in [0.4, 0.5) is 0 Å². The Labute approximate surface area is 99.7 Å². The van der Waals surface area contributed by atoms with Gasteiger partial charge in [0.1, 0.15) is 11.9 Å². The Hall–Kier alpha value is -2.03. The topological polar surface area (TPSA) is 42.4 Å². The fourth-order valence-corrected chi connectivity index (χ4v) is 2.20. The van der Waals surface area contributed by atoms with E-state index in [4.69, 9.17) is 4.74 Å². The van der Waals surface area contributed by atoms with Crippen molar-refractivity contribution in [2.45, 2.75) is 18.9 Å². The summed E-state index contributed by atoms with van der Waals surface area (Å²) in [6.07, 6.45) is 3.32. The van der Waals surface area contributed by atoms with Gasteiger partial charge in [-0.25, -0.2) is 4.98 Å². The SMILES string of the molecule is Oc1ncccc1C1CCc2ccccc2O1. The summed E-state index contributed by atoms with van der Waals surface area (Å²) in [5, 5.41) is 9.72. The Morgan fingerprint density at radius 2 is 2.06 bits per heavy atom. The van der Waals surface area contributed by atoms with E-state index in [1.54, 1.807) is 6.20 Å². The largest absolute Gasteiger partial charge is 0.493 e. The van der Waals surface area contributed by atoms with Crippen LogP contribution < -0.4 is 4.74 Å². The summed E-state index contributed by atoms with van der Waals surface area (Å²) in [5.41, 5.74) is 1.99. The molecule has 0 aliphatic carbocycles. The maximum absolute atomic E-state index is 9.72. The second-order valence-electron chi connectivity index (χ2n) is 4.17. The van der Waals surface area contributed by atoms with Crippen molar-refractivity contribution in [1.29, 1.82) is 0 Å². The van der Waals surface area contributed by atoms with Crippen LogP contribution in [0.5, 0.6) is 11.6 Å². The molecule has 2 aromatic rings.